The van der Waals surface area contributed by atoms with E-state index >= 15 is 0 Å². The highest BCUT2D eigenvalue weighted by Gasteiger charge is 2.26. The molecule has 0 radical (unpaired) electrons. The lowest BCUT2D eigenvalue weighted by atomic mass is 10.1. The largest absolute Gasteiger partial charge is 0.380 e. The fourth-order valence-corrected chi connectivity index (χ4v) is 2.97. The molecule has 21 heavy (non-hydrogen) atoms. The molecule has 1 amide bonds. The summed E-state index contributed by atoms with van der Waals surface area (Å²) in [7, 11) is 1.64. The highest BCUT2D eigenvalue weighted by molar-refractivity contribution is 7.71. The smallest absolute Gasteiger partial charge is 0.256 e. The van der Waals surface area contributed by atoms with E-state index in [1.807, 2.05) is 0 Å². The number of imidazole rings is 1. The monoisotopic (exact) mass is 309 g/mol. The van der Waals surface area contributed by atoms with Gasteiger partial charge in [-0.05, 0) is 37.2 Å². The van der Waals surface area contributed by atoms with Crippen molar-refractivity contribution in [2.75, 3.05) is 20.2 Å². The minimum atomic E-state index is -0.462. The number of carbonyl (C=O) groups is 1. The van der Waals surface area contributed by atoms with Gasteiger partial charge < -0.3 is 19.6 Å². The van der Waals surface area contributed by atoms with Crippen LogP contribution in [0.15, 0.2) is 12.1 Å². The molecule has 1 aromatic carbocycles. The number of nitrogens with zero attached hydrogens (tertiary/aromatic N) is 1. The summed E-state index contributed by atoms with van der Waals surface area (Å²) in [6, 6.07) is 2.58. The summed E-state index contributed by atoms with van der Waals surface area (Å²) in [5.41, 5.74) is 1.35. The van der Waals surface area contributed by atoms with E-state index in [0.29, 0.717) is 34.5 Å². The number of ether oxygens (including phenoxy) is 1. The number of amides is 1. The first-order valence-corrected chi connectivity index (χ1v) is 7.23. The van der Waals surface area contributed by atoms with Gasteiger partial charge in [0.05, 0.1) is 22.7 Å². The van der Waals surface area contributed by atoms with Crippen molar-refractivity contribution in [2.24, 2.45) is 0 Å². The summed E-state index contributed by atoms with van der Waals surface area (Å²) in [6.45, 7) is 1.18. The molecule has 0 unspecified atom stereocenters. The van der Waals surface area contributed by atoms with Crippen LogP contribution in [0.5, 0.6) is 0 Å². The van der Waals surface area contributed by atoms with Crippen LogP contribution in [0.25, 0.3) is 11.0 Å². The van der Waals surface area contributed by atoms with E-state index in [1.54, 1.807) is 12.0 Å². The van der Waals surface area contributed by atoms with Crippen molar-refractivity contribution in [3.05, 3.63) is 28.3 Å². The maximum Gasteiger partial charge on any atom is 0.256 e. The Balaban J connectivity index is 1.99. The number of methoxy groups -OCH3 is 1. The summed E-state index contributed by atoms with van der Waals surface area (Å²) in [4.78, 5) is 20.1. The Kier molecular flexibility index (Phi) is 3.77. The number of H-pyrrole nitrogens is 2. The molecule has 5 nitrogen and oxygen atoms in total. The van der Waals surface area contributed by atoms with Gasteiger partial charge in [0, 0.05) is 20.2 Å². The Labute approximate surface area is 126 Å². The van der Waals surface area contributed by atoms with Gasteiger partial charge in [0.15, 0.2) is 4.77 Å². The number of fused-ring (bicyclic) bond motifs is 1. The molecule has 1 saturated heterocycles. The summed E-state index contributed by atoms with van der Waals surface area (Å²) in [6.07, 6.45) is 1.86. The second kappa shape index (κ2) is 5.57. The second-order valence-corrected chi connectivity index (χ2v) is 5.61. The summed E-state index contributed by atoms with van der Waals surface area (Å²) in [5, 5.41) is 0. The lowest BCUT2D eigenvalue weighted by Gasteiger charge is -2.32. The average molecular weight is 309 g/mol. The molecule has 1 aliphatic rings. The van der Waals surface area contributed by atoms with Crippen molar-refractivity contribution >= 4 is 29.2 Å². The minimum Gasteiger partial charge on any atom is -0.380 e. The van der Waals surface area contributed by atoms with Crippen molar-refractivity contribution in [2.45, 2.75) is 18.9 Å². The van der Waals surface area contributed by atoms with Gasteiger partial charge in [-0.2, -0.15) is 0 Å². The molecule has 2 heterocycles. The van der Waals surface area contributed by atoms with Crippen LogP contribution in [-0.4, -0.2) is 47.1 Å². The number of aromatic amines is 2. The third-order valence-corrected chi connectivity index (χ3v) is 4.02. The van der Waals surface area contributed by atoms with E-state index < -0.39 is 5.82 Å². The molecule has 112 valence electrons. The Morgan fingerprint density at radius 3 is 3.05 bits per heavy atom. The van der Waals surface area contributed by atoms with E-state index in [2.05, 4.69) is 9.97 Å². The van der Waals surface area contributed by atoms with Crippen molar-refractivity contribution in [3.63, 3.8) is 0 Å². The molecular weight excluding hydrogens is 293 g/mol. The van der Waals surface area contributed by atoms with Crippen LogP contribution in [0.1, 0.15) is 23.2 Å². The van der Waals surface area contributed by atoms with Gasteiger partial charge in [-0.25, -0.2) is 4.39 Å². The Bertz CT molecular complexity index is 739. The molecule has 2 aromatic rings. The zero-order valence-corrected chi connectivity index (χ0v) is 12.4. The highest BCUT2D eigenvalue weighted by atomic mass is 32.1. The molecule has 2 N–H and O–H groups in total. The quantitative estimate of drug-likeness (QED) is 0.838. The average Bonchev–Trinajstić information content (AvgIpc) is 2.85. The molecular formula is C14H16FN3O2S. The van der Waals surface area contributed by atoms with Crippen molar-refractivity contribution in [1.29, 1.82) is 0 Å². The van der Waals surface area contributed by atoms with Crippen LogP contribution >= 0.6 is 12.2 Å². The number of hydrogen-bond donors (Lipinski definition) is 2. The number of halogens is 1. The number of hydrogen-bond acceptors (Lipinski definition) is 3. The van der Waals surface area contributed by atoms with Gasteiger partial charge in [0.25, 0.3) is 5.91 Å². The molecule has 1 fully saturated rings. The van der Waals surface area contributed by atoms with Gasteiger partial charge in [-0.3, -0.25) is 4.79 Å². The fraction of sp³-hybridized carbons (Fsp3) is 0.429. The standard InChI is InChI=1S/C14H16FN3O2S/c1-20-9-3-2-4-18(7-9)13(19)10-5-8(15)6-11-12(10)17-14(21)16-11/h5-6,9H,2-4,7H2,1H3,(H2,16,17,21)/t9-/m1/s1. The van der Waals surface area contributed by atoms with Crippen molar-refractivity contribution < 1.29 is 13.9 Å². The maximum absolute atomic E-state index is 13.7. The van der Waals surface area contributed by atoms with Gasteiger partial charge >= 0.3 is 0 Å². The Morgan fingerprint density at radius 1 is 1.48 bits per heavy atom. The molecule has 1 aromatic heterocycles. The zero-order valence-electron chi connectivity index (χ0n) is 11.6. The number of piperidine rings is 1. The van der Waals surface area contributed by atoms with Gasteiger partial charge in [-0.1, -0.05) is 0 Å². The predicted octanol–water partition coefficient (Wildman–Crippen LogP) is 2.62. The minimum absolute atomic E-state index is 0.0384. The Hall–Kier alpha value is -1.73. The number of carbonyl (C=O) groups excluding carboxylic acids is 1. The van der Waals surface area contributed by atoms with Crippen LogP contribution < -0.4 is 0 Å². The third-order valence-electron chi connectivity index (χ3n) is 3.82. The maximum atomic E-state index is 13.7. The van der Waals surface area contributed by atoms with E-state index in [0.717, 1.165) is 12.8 Å². The number of nitrogens with one attached hydrogen (secondary N) is 2. The van der Waals surface area contributed by atoms with E-state index in [1.165, 1.54) is 12.1 Å². The van der Waals surface area contributed by atoms with E-state index in [-0.39, 0.29) is 12.0 Å². The summed E-state index contributed by atoms with van der Waals surface area (Å²) >= 11 is 5.02. The number of benzene rings is 1. The van der Waals surface area contributed by atoms with E-state index in [9.17, 15) is 9.18 Å². The molecule has 0 bridgehead atoms. The van der Waals surface area contributed by atoms with Gasteiger partial charge in [0.1, 0.15) is 5.82 Å². The fourth-order valence-electron chi connectivity index (χ4n) is 2.76. The summed E-state index contributed by atoms with van der Waals surface area (Å²) in [5.74, 6) is -0.664. The number of aromatic nitrogens is 2. The van der Waals surface area contributed by atoms with Crippen LogP contribution in [0.4, 0.5) is 4.39 Å². The highest BCUT2D eigenvalue weighted by Crippen LogP contribution is 2.22. The first-order chi connectivity index (χ1) is 10.1. The van der Waals surface area contributed by atoms with Crippen LogP contribution in [0, 0.1) is 10.6 Å². The normalized spacial score (nSPS) is 19.1. The first kappa shape index (κ1) is 14.2. The molecule has 0 saturated carbocycles. The van der Waals surface area contributed by atoms with Gasteiger partial charge in [-0.15, -0.1) is 0 Å². The lowest BCUT2D eigenvalue weighted by molar-refractivity contribution is 0.0269. The van der Waals surface area contributed by atoms with Crippen molar-refractivity contribution in [1.82, 2.24) is 14.9 Å². The summed E-state index contributed by atoms with van der Waals surface area (Å²) < 4.78 is 19.4. The van der Waals surface area contributed by atoms with Crippen LogP contribution in [0.2, 0.25) is 0 Å². The topological polar surface area (TPSA) is 61.1 Å². The Morgan fingerprint density at radius 2 is 2.29 bits per heavy atom. The SMILES string of the molecule is CO[C@@H]1CCCN(C(=O)c2cc(F)cc3[nH]c(=S)[nH]c23)C1. The molecule has 1 atom stereocenters. The first-order valence-electron chi connectivity index (χ1n) is 6.82. The van der Waals surface area contributed by atoms with E-state index in [4.69, 9.17) is 17.0 Å². The van der Waals surface area contributed by atoms with Crippen LogP contribution in [-0.2, 0) is 4.74 Å². The number of rotatable bonds is 2. The zero-order chi connectivity index (χ0) is 15.0. The molecule has 0 spiro atoms. The molecule has 3 rings (SSSR count). The van der Waals surface area contributed by atoms with Crippen LogP contribution in [0.3, 0.4) is 0 Å². The number of likely N-dealkylation sites (tertiary alicyclic amines) is 1. The predicted molar refractivity (Wildman–Crippen MR) is 79.4 cm³/mol. The lowest BCUT2D eigenvalue weighted by Crippen LogP contribution is -2.43. The molecule has 0 aliphatic carbocycles. The second-order valence-electron chi connectivity index (χ2n) is 5.21. The van der Waals surface area contributed by atoms with Crippen molar-refractivity contribution in [3.8, 4) is 0 Å². The molecule has 7 heteroatoms. The van der Waals surface area contributed by atoms with Gasteiger partial charge in [0.2, 0.25) is 0 Å². The molecule has 1 aliphatic heterocycles. The third kappa shape index (κ3) is 2.71.